The van der Waals surface area contributed by atoms with Crippen molar-refractivity contribution in [2.75, 3.05) is 12.4 Å². The van der Waals surface area contributed by atoms with Crippen LogP contribution in [0.3, 0.4) is 0 Å². The molecule has 0 saturated heterocycles. The first-order valence-electron chi connectivity index (χ1n) is 8.36. The van der Waals surface area contributed by atoms with Gasteiger partial charge in [0.1, 0.15) is 5.75 Å². The van der Waals surface area contributed by atoms with Gasteiger partial charge in [-0.05, 0) is 43.5 Å². The van der Waals surface area contributed by atoms with Crippen molar-refractivity contribution < 1.29 is 14.6 Å². The molecule has 0 spiro atoms. The van der Waals surface area contributed by atoms with E-state index in [1.165, 1.54) is 0 Å². The summed E-state index contributed by atoms with van der Waals surface area (Å²) in [6.45, 7) is 0. The second kappa shape index (κ2) is 6.58. The summed E-state index contributed by atoms with van der Waals surface area (Å²) in [5.41, 5.74) is 1.98. The molecule has 1 aliphatic rings. The first-order chi connectivity index (χ1) is 12.6. The lowest BCUT2D eigenvalue weighted by atomic mass is 10.1. The second-order valence-corrected chi connectivity index (χ2v) is 6.29. The zero-order valence-electron chi connectivity index (χ0n) is 14.2. The fourth-order valence-corrected chi connectivity index (χ4v) is 3.21. The number of carbonyl (C=O) groups is 1. The summed E-state index contributed by atoms with van der Waals surface area (Å²) in [6.07, 6.45) is 3.64. The summed E-state index contributed by atoms with van der Waals surface area (Å²) in [5, 5.41) is 20.6. The van der Waals surface area contributed by atoms with Gasteiger partial charge < -0.3 is 15.2 Å². The molecule has 26 heavy (non-hydrogen) atoms. The minimum Gasteiger partial charge on any atom is -0.497 e. The summed E-state index contributed by atoms with van der Waals surface area (Å²) in [5.74, 6) is 0.158. The Morgan fingerprint density at radius 1 is 1.31 bits per heavy atom. The number of methoxy groups -OCH3 is 1. The van der Waals surface area contributed by atoms with E-state index in [1.54, 1.807) is 18.0 Å². The molecule has 3 aromatic rings. The first-order valence-corrected chi connectivity index (χ1v) is 8.36. The van der Waals surface area contributed by atoms with Crippen molar-refractivity contribution >= 4 is 23.1 Å². The standard InChI is InChI=1S/C17H18N6O3/c1-26-13-6-4-12(5-7-13)23-15-14(21-22-23)9-18-17(20-15)19-11-3-2-10(8-11)16(24)25/h4-7,9-11H,2-3,8H2,1H3,(H,24,25)(H,18,19,20)/t10-,11?/m1/s1. The number of carboxylic acid groups (broad SMARTS) is 1. The molecule has 9 nitrogen and oxygen atoms in total. The molecular formula is C17H18N6O3. The number of nitrogens with one attached hydrogen (secondary N) is 1. The molecule has 2 aromatic heterocycles. The lowest BCUT2D eigenvalue weighted by molar-refractivity contribution is -0.141. The smallest absolute Gasteiger partial charge is 0.306 e. The molecule has 0 bridgehead atoms. The summed E-state index contributed by atoms with van der Waals surface area (Å²) >= 11 is 0. The number of ether oxygens (including phenoxy) is 1. The molecule has 0 radical (unpaired) electrons. The van der Waals surface area contributed by atoms with E-state index in [2.05, 4.69) is 25.6 Å². The third-order valence-electron chi connectivity index (χ3n) is 4.62. The molecule has 2 N–H and O–H groups in total. The van der Waals surface area contributed by atoms with Crippen LogP contribution in [0.4, 0.5) is 5.95 Å². The van der Waals surface area contributed by atoms with Crippen LogP contribution in [-0.2, 0) is 4.79 Å². The Morgan fingerprint density at radius 2 is 2.12 bits per heavy atom. The van der Waals surface area contributed by atoms with Crippen LogP contribution in [0.15, 0.2) is 30.5 Å². The number of aromatic nitrogens is 5. The highest BCUT2D eigenvalue weighted by atomic mass is 16.5. The van der Waals surface area contributed by atoms with Gasteiger partial charge >= 0.3 is 5.97 Å². The zero-order chi connectivity index (χ0) is 18.1. The van der Waals surface area contributed by atoms with Gasteiger partial charge in [0.25, 0.3) is 0 Å². The van der Waals surface area contributed by atoms with E-state index in [0.29, 0.717) is 30.0 Å². The number of aliphatic carboxylic acids is 1. The Balaban J connectivity index is 1.59. The van der Waals surface area contributed by atoms with Crippen LogP contribution in [0.5, 0.6) is 5.75 Å². The minimum atomic E-state index is -0.743. The van der Waals surface area contributed by atoms with Crippen molar-refractivity contribution in [1.82, 2.24) is 25.0 Å². The van der Waals surface area contributed by atoms with Crippen LogP contribution in [0.25, 0.3) is 16.9 Å². The predicted octanol–water partition coefficient (Wildman–Crippen LogP) is 1.88. The summed E-state index contributed by atoms with van der Waals surface area (Å²) in [7, 11) is 1.61. The molecule has 4 rings (SSSR count). The maximum Gasteiger partial charge on any atom is 0.306 e. The molecule has 1 unspecified atom stereocenters. The summed E-state index contributed by atoms with van der Waals surface area (Å²) in [4.78, 5) is 19.9. The number of hydrogen-bond donors (Lipinski definition) is 2. The SMILES string of the molecule is COc1ccc(-n2nnc3cnc(NC4CC[C@@H](C(=O)O)C4)nc32)cc1. The fourth-order valence-electron chi connectivity index (χ4n) is 3.21. The molecular weight excluding hydrogens is 336 g/mol. The third kappa shape index (κ3) is 3.03. The molecule has 0 aliphatic heterocycles. The van der Waals surface area contributed by atoms with E-state index in [1.807, 2.05) is 24.3 Å². The van der Waals surface area contributed by atoms with E-state index in [0.717, 1.165) is 17.9 Å². The van der Waals surface area contributed by atoms with Crippen molar-refractivity contribution in [3.8, 4) is 11.4 Å². The minimum absolute atomic E-state index is 0.0545. The van der Waals surface area contributed by atoms with Crippen molar-refractivity contribution in [2.45, 2.75) is 25.3 Å². The highest BCUT2D eigenvalue weighted by Gasteiger charge is 2.30. The predicted molar refractivity (Wildman–Crippen MR) is 93.4 cm³/mol. The van der Waals surface area contributed by atoms with E-state index >= 15 is 0 Å². The number of anilines is 1. The van der Waals surface area contributed by atoms with Crippen molar-refractivity contribution in [2.24, 2.45) is 5.92 Å². The molecule has 1 aliphatic carbocycles. The van der Waals surface area contributed by atoms with Gasteiger partial charge in [-0.3, -0.25) is 4.79 Å². The van der Waals surface area contributed by atoms with Gasteiger partial charge in [-0.2, -0.15) is 9.67 Å². The third-order valence-corrected chi connectivity index (χ3v) is 4.62. The Kier molecular flexibility index (Phi) is 4.11. The van der Waals surface area contributed by atoms with Crippen molar-refractivity contribution in [1.29, 1.82) is 0 Å². The van der Waals surface area contributed by atoms with Gasteiger partial charge in [-0.25, -0.2) is 4.98 Å². The van der Waals surface area contributed by atoms with Crippen molar-refractivity contribution in [3.05, 3.63) is 30.5 Å². The Hall–Kier alpha value is -3.23. The lowest BCUT2D eigenvalue weighted by Crippen LogP contribution is -2.19. The van der Waals surface area contributed by atoms with Gasteiger partial charge in [0.05, 0.1) is 24.9 Å². The van der Waals surface area contributed by atoms with E-state index in [-0.39, 0.29) is 12.0 Å². The van der Waals surface area contributed by atoms with Crippen LogP contribution >= 0.6 is 0 Å². The first kappa shape index (κ1) is 16.2. The number of carboxylic acids is 1. The molecule has 1 aromatic carbocycles. The van der Waals surface area contributed by atoms with Crippen LogP contribution < -0.4 is 10.1 Å². The molecule has 1 saturated carbocycles. The Bertz CT molecular complexity index is 939. The number of hydrogen-bond acceptors (Lipinski definition) is 7. The van der Waals surface area contributed by atoms with E-state index < -0.39 is 5.97 Å². The highest BCUT2D eigenvalue weighted by Crippen LogP contribution is 2.28. The molecule has 0 amide bonds. The Morgan fingerprint density at radius 3 is 2.81 bits per heavy atom. The second-order valence-electron chi connectivity index (χ2n) is 6.29. The maximum atomic E-state index is 11.1. The summed E-state index contributed by atoms with van der Waals surface area (Å²) in [6, 6.07) is 7.48. The highest BCUT2D eigenvalue weighted by molar-refractivity contribution is 5.72. The monoisotopic (exact) mass is 354 g/mol. The number of benzene rings is 1. The topological polar surface area (TPSA) is 115 Å². The fraction of sp³-hybridized carbons (Fsp3) is 0.353. The summed E-state index contributed by atoms with van der Waals surface area (Å²) < 4.78 is 6.81. The number of rotatable bonds is 5. The lowest BCUT2D eigenvalue weighted by Gasteiger charge is -2.12. The Labute approximate surface area is 149 Å². The molecule has 2 heterocycles. The quantitative estimate of drug-likeness (QED) is 0.714. The average Bonchev–Trinajstić information content (AvgIpc) is 3.29. The zero-order valence-corrected chi connectivity index (χ0v) is 14.2. The van der Waals surface area contributed by atoms with Gasteiger partial charge in [-0.1, -0.05) is 5.21 Å². The van der Waals surface area contributed by atoms with Crippen LogP contribution in [0.1, 0.15) is 19.3 Å². The van der Waals surface area contributed by atoms with Crippen LogP contribution in [-0.4, -0.2) is 49.2 Å². The van der Waals surface area contributed by atoms with Crippen molar-refractivity contribution in [3.63, 3.8) is 0 Å². The molecule has 1 fully saturated rings. The van der Waals surface area contributed by atoms with Gasteiger partial charge in [0, 0.05) is 6.04 Å². The van der Waals surface area contributed by atoms with Crippen LogP contribution in [0, 0.1) is 5.92 Å². The van der Waals surface area contributed by atoms with Gasteiger partial charge in [0.15, 0.2) is 11.2 Å². The van der Waals surface area contributed by atoms with Crippen LogP contribution in [0.2, 0.25) is 0 Å². The average molecular weight is 354 g/mol. The molecule has 134 valence electrons. The normalized spacial score (nSPS) is 19.6. The van der Waals surface area contributed by atoms with Gasteiger partial charge in [-0.15, -0.1) is 5.10 Å². The molecule has 2 atom stereocenters. The number of nitrogens with zero attached hydrogens (tertiary/aromatic N) is 5. The van der Waals surface area contributed by atoms with E-state index in [4.69, 9.17) is 9.84 Å². The number of fused-ring (bicyclic) bond motifs is 1. The van der Waals surface area contributed by atoms with Gasteiger partial charge in [0.2, 0.25) is 5.95 Å². The molecule has 9 heteroatoms. The largest absolute Gasteiger partial charge is 0.497 e. The van der Waals surface area contributed by atoms with E-state index in [9.17, 15) is 4.79 Å². The maximum absolute atomic E-state index is 11.1.